The molecule has 1 aliphatic rings. The average molecular weight is 373 g/mol. The van der Waals surface area contributed by atoms with Crippen LogP contribution in [0, 0.1) is 0 Å². The Bertz CT molecular complexity index is 988. The molecule has 2 heterocycles. The molecule has 0 fully saturated rings. The second-order valence-electron chi connectivity index (χ2n) is 6.55. The Balaban J connectivity index is 1.28. The highest BCUT2D eigenvalue weighted by Crippen LogP contribution is 2.22. The number of nitrogens with zero attached hydrogens (tertiary/aromatic N) is 2. The SMILES string of the molecule is O=C(NCCCN1C(=O)c2ccccc2C1=O)c1ccc(-n2cccc2)cc1. The van der Waals surface area contributed by atoms with Gasteiger partial charge in [0.2, 0.25) is 0 Å². The molecule has 140 valence electrons. The predicted octanol–water partition coefficient (Wildman–Crippen LogP) is 2.89. The molecular formula is C22H19N3O3. The lowest BCUT2D eigenvalue weighted by Crippen LogP contribution is -2.33. The minimum atomic E-state index is -0.271. The average Bonchev–Trinajstić information content (AvgIpc) is 3.35. The molecule has 2 aromatic carbocycles. The number of hydrogen-bond acceptors (Lipinski definition) is 3. The van der Waals surface area contributed by atoms with Crippen molar-refractivity contribution in [2.45, 2.75) is 6.42 Å². The highest BCUT2D eigenvalue weighted by atomic mass is 16.2. The Morgan fingerprint density at radius 1 is 0.821 bits per heavy atom. The molecule has 6 nitrogen and oxygen atoms in total. The molecule has 0 bridgehead atoms. The van der Waals surface area contributed by atoms with E-state index in [1.165, 1.54) is 4.90 Å². The number of amides is 3. The van der Waals surface area contributed by atoms with Crippen molar-refractivity contribution in [3.05, 3.63) is 89.7 Å². The summed E-state index contributed by atoms with van der Waals surface area (Å²) < 4.78 is 1.96. The van der Waals surface area contributed by atoms with Crippen LogP contribution in [-0.2, 0) is 0 Å². The normalized spacial score (nSPS) is 12.9. The van der Waals surface area contributed by atoms with Crippen molar-refractivity contribution in [1.29, 1.82) is 0 Å². The quantitative estimate of drug-likeness (QED) is 0.533. The molecule has 4 rings (SSSR count). The summed E-state index contributed by atoms with van der Waals surface area (Å²) in [5.74, 6) is -0.721. The second kappa shape index (κ2) is 7.52. The first-order valence-electron chi connectivity index (χ1n) is 9.12. The summed E-state index contributed by atoms with van der Waals surface area (Å²) in [5, 5.41) is 2.83. The van der Waals surface area contributed by atoms with E-state index in [1.54, 1.807) is 36.4 Å². The van der Waals surface area contributed by atoms with Gasteiger partial charge in [0.25, 0.3) is 17.7 Å². The third kappa shape index (κ3) is 3.32. The van der Waals surface area contributed by atoms with Crippen molar-refractivity contribution in [2.75, 3.05) is 13.1 Å². The first-order chi connectivity index (χ1) is 13.6. The fraction of sp³-hybridized carbons (Fsp3) is 0.136. The number of fused-ring (bicyclic) bond motifs is 1. The maximum atomic E-state index is 12.3. The van der Waals surface area contributed by atoms with Crippen molar-refractivity contribution in [1.82, 2.24) is 14.8 Å². The van der Waals surface area contributed by atoms with E-state index in [9.17, 15) is 14.4 Å². The first-order valence-corrected chi connectivity index (χ1v) is 9.12. The molecule has 3 amide bonds. The molecular weight excluding hydrogens is 354 g/mol. The fourth-order valence-corrected chi connectivity index (χ4v) is 3.27. The summed E-state index contributed by atoms with van der Waals surface area (Å²) >= 11 is 0. The van der Waals surface area contributed by atoms with Crippen LogP contribution in [-0.4, -0.2) is 40.3 Å². The van der Waals surface area contributed by atoms with Crippen LogP contribution in [0.25, 0.3) is 5.69 Å². The van der Waals surface area contributed by atoms with Crippen LogP contribution < -0.4 is 5.32 Å². The van der Waals surface area contributed by atoms with Gasteiger partial charge in [0, 0.05) is 36.7 Å². The molecule has 0 saturated carbocycles. The Kier molecular flexibility index (Phi) is 4.76. The molecule has 1 aliphatic heterocycles. The van der Waals surface area contributed by atoms with E-state index in [4.69, 9.17) is 0 Å². The topological polar surface area (TPSA) is 71.4 Å². The molecule has 1 aromatic heterocycles. The summed E-state index contributed by atoms with van der Waals surface area (Å²) in [7, 11) is 0. The van der Waals surface area contributed by atoms with Gasteiger partial charge in [-0.3, -0.25) is 19.3 Å². The van der Waals surface area contributed by atoms with Crippen molar-refractivity contribution in [3.8, 4) is 5.69 Å². The van der Waals surface area contributed by atoms with E-state index in [1.807, 2.05) is 41.2 Å². The van der Waals surface area contributed by atoms with E-state index < -0.39 is 0 Å². The van der Waals surface area contributed by atoms with Crippen LogP contribution in [0.15, 0.2) is 73.1 Å². The Hall–Kier alpha value is -3.67. The smallest absolute Gasteiger partial charge is 0.261 e. The van der Waals surface area contributed by atoms with Crippen LogP contribution in [0.3, 0.4) is 0 Å². The lowest BCUT2D eigenvalue weighted by Gasteiger charge is -2.14. The summed E-state index contributed by atoms with van der Waals surface area (Å²) in [6, 6.07) is 18.0. The zero-order chi connectivity index (χ0) is 19.5. The molecule has 28 heavy (non-hydrogen) atoms. The molecule has 0 radical (unpaired) electrons. The van der Waals surface area contributed by atoms with E-state index in [0.29, 0.717) is 29.7 Å². The summed E-state index contributed by atoms with van der Waals surface area (Å²) in [6.45, 7) is 0.658. The van der Waals surface area contributed by atoms with Gasteiger partial charge in [0.05, 0.1) is 11.1 Å². The van der Waals surface area contributed by atoms with Gasteiger partial charge in [-0.05, 0) is 55.0 Å². The standard InChI is InChI=1S/C22H19N3O3/c26-20(16-8-10-17(11-9-16)24-13-3-4-14-24)23-12-5-15-25-21(27)18-6-1-2-7-19(18)22(25)28/h1-4,6-11,13-14H,5,12,15H2,(H,23,26). The molecule has 0 atom stereocenters. The maximum Gasteiger partial charge on any atom is 0.261 e. The van der Waals surface area contributed by atoms with E-state index in [0.717, 1.165) is 5.69 Å². The summed E-state index contributed by atoms with van der Waals surface area (Å²) in [4.78, 5) is 38.1. The van der Waals surface area contributed by atoms with Crippen molar-refractivity contribution >= 4 is 17.7 Å². The largest absolute Gasteiger partial charge is 0.352 e. The highest BCUT2D eigenvalue weighted by Gasteiger charge is 2.34. The van der Waals surface area contributed by atoms with Gasteiger partial charge in [0.1, 0.15) is 0 Å². The van der Waals surface area contributed by atoms with E-state index in [2.05, 4.69) is 5.32 Å². The van der Waals surface area contributed by atoms with Crippen molar-refractivity contribution in [2.24, 2.45) is 0 Å². The van der Waals surface area contributed by atoms with Gasteiger partial charge in [-0.2, -0.15) is 0 Å². The van der Waals surface area contributed by atoms with Gasteiger partial charge in [-0.1, -0.05) is 12.1 Å². The molecule has 0 unspecified atom stereocenters. The van der Waals surface area contributed by atoms with Crippen molar-refractivity contribution in [3.63, 3.8) is 0 Å². The van der Waals surface area contributed by atoms with E-state index >= 15 is 0 Å². The molecule has 0 spiro atoms. The third-order valence-electron chi connectivity index (χ3n) is 4.75. The zero-order valence-electron chi connectivity index (χ0n) is 15.2. The fourth-order valence-electron chi connectivity index (χ4n) is 3.27. The number of benzene rings is 2. The Morgan fingerprint density at radius 3 is 2.04 bits per heavy atom. The number of imide groups is 1. The molecule has 1 N–H and O–H groups in total. The van der Waals surface area contributed by atoms with Gasteiger partial charge < -0.3 is 9.88 Å². The minimum Gasteiger partial charge on any atom is -0.352 e. The molecule has 6 heteroatoms. The lowest BCUT2D eigenvalue weighted by atomic mass is 10.1. The number of nitrogens with one attached hydrogen (secondary N) is 1. The zero-order valence-corrected chi connectivity index (χ0v) is 15.2. The number of hydrogen-bond donors (Lipinski definition) is 1. The van der Waals surface area contributed by atoms with Crippen LogP contribution >= 0.6 is 0 Å². The monoisotopic (exact) mass is 373 g/mol. The molecule has 0 aliphatic carbocycles. The number of carbonyl (C=O) groups excluding carboxylic acids is 3. The van der Waals surface area contributed by atoms with Crippen LogP contribution in [0.4, 0.5) is 0 Å². The van der Waals surface area contributed by atoms with Gasteiger partial charge in [-0.25, -0.2) is 0 Å². The highest BCUT2D eigenvalue weighted by molar-refractivity contribution is 6.21. The predicted molar refractivity (Wildman–Crippen MR) is 105 cm³/mol. The lowest BCUT2D eigenvalue weighted by molar-refractivity contribution is 0.0653. The third-order valence-corrected chi connectivity index (χ3v) is 4.75. The number of carbonyl (C=O) groups is 3. The number of rotatable bonds is 6. The van der Waals surface area contributed by atoms with Crippen LogP contribution in [0.2, 0.25) is 0 Å². The number of aromatic nitrogens is 1. The van der Waals surface area contributed by atoms with Crippen LogP contribution in [0.1, 0.15) is 37.5 Å². The van der Waals surface area contributed by atoms with Crippen LogP contribution in [0.5, 0.6) is 0 Å². The van der Waals surface area contributed by atoms with Gasteiger partial charge in [-0.15, -0.1) is 0 Å². The van der Waals surface area contributed by atoms with Gasteiger partial charge >= 0.3 is 0 Å². The molecule has 0 saturated heterocycles. The minimum absolute atomic E-state index is 0.179. The van der Waals surface area contributed by atoms with E-state index in [-0.39, 0.29) is 24.3 Å². The summed E-state index contributed by atoms with van der Waals surface area (Å²) in [5.41, 5.74) is 2.43. The van der Waals surface area contributed by atoms with Gasteiger partial charge in [0.15, 0.2) is 0 Å². The maximum absolute atomic E-state index is 12.3. The first kappa shape index (κ1) is 17.7. The molecule has 3 aromatic rings. The Morgan fingerprint density at radius 2 is 1.43 bits per heavy atom. The second-order valence-corrected chi connectivity index (χ2v) is 6.55. The summed E-state index contributed by atoms with van der Waals surface area (Å²) in [6.07, 6.45) is 4.38. The van der Waals surface area contributed by atoms with Crippen molar-refractivity contribution < 1.29 is 14.4 Å². The Labute approximate surface area is 162 Å².